The molecule has 9 rings (SSSR count). The molecule has 0 unspecified atom stereocenters. The summed E-state index contributed by atoms with van der Waals surface area (Å²) in [6.45, 7) is 4.72. The lowest BCUT2D eigenvalue weighted by atomic mass is 9.82. The fourth-order valence-electron chi connectivity index (χ4n) is 7.48. The van der Waals surface area contributed by atoms with Crippen LogP contribution >= 0.6 is 11.3 Å². The van der Waals surface area contributed by atoms with Gasteiger partial charge in [-0.1, -0.05) is 135 Å². The van der Waals surface area contributed by atoms with Crippen LogP contribution in [0.15, 0.2) is 164 Å². The lowest BCUT2D eigenvalue weighted by molar-refractivity contribution is 0.660. The standard InChI is InChI=1S/C45H33NS/c1-45(2)40-19-8-6-16-36(40)37-27-26-35(29-41(37)45)46(42-20-11-18-39-38-17-7-9-21-43(38)47-44(39)42)34-24-22-31(23-25-34)33-15-10-14-32(28-33)30-12-4-3-5-13-30/h3-29H,1-2H3. The molecule has 0 atom stereocenters. The molecule has 0 saturated carbocycles. The van der Waals surface area contributed by atoms with E-state index in [4.69, 9.17) is 0 Å². The molecule has 0 N–H and O–H groups in total. The van der Waals surface area contributed by atoms with E-state index in [1.165, 1.54) is 76.1 Å². The first-order valence-electron chi connectivity index (χ1n) is 16.3. The van der Waals surface area contributed by atoms with Gasteiger partial charge in [0.2, 0.25) is 0 Å². The zero-order valence-corrected chi connectivity index (χ0v) is 27.3. The number of hydrogen-bond acceptors (Lipinski definition) is 2. The maximum atomic E-state index is 2.46. The zero-order valence-electron chi connectivity index (χ0n) is 26.4. The molecule has 0 fully saturated rings. The van der Waals surface area contributed by atoms with Crippen LogP contribution in [0.1, 0.15) is 25.0 Å². The van der Waals surface area contributed by atoms with E-state index in [-0.39, 0.29) is 5.41 Å². The van der Waals surface area contributed by atoms with Crippen molar-refractivity contribution in [3.05, 3.63) is 175 Å². The number of fused-ring (bicyclic) bond motifs is 6. The first kappa shape index (κ1) is 27.8. The summed E-state index contributed by atoms with van der Waals surface area (Å²) < 4.78 is 2.62. The van der Waals surface area contributed by atoms with Gasteiger partial charge in [0.25, 0.3) is 0 Å². The van der Waals surface area contributed by atoms with Gasteiger partial charge in [0, 0.05) is 32.3 Å². The van der Waals surface area contributed by atoms with Gasteiger partial charge in [0.05, 0.1) is 10.4 Å². The van der Waals surface area contributed by atoms with Crippen molar-refractivity contribution in [1.29, 1.82) is 0 Å². The molecule has 1 heterocycles. The Hall–Kier alpha value is -5.44. The number of anilines is 3. The van der Waals surface area contributed by atoms with E-state index in [0.717, 1.165) is 5.69 Å². The fourth-order valence-corrected chi connectivity index (χ4v) is 8.69. The molecule has 0 radical (unpaired) electrons. The third-order valence-corrected chi connectivity index (χ3v) is 11.1. The summed E-state index contributed by atoms with van der Waals surface area (Å²) in [5, 5.41) is 2.62. The number of nitrogens with zero attached hydrogens (tertiary/aromatic N) is 1. The van der Waals surface area contributed by atoms with Crippen molar-refractivity contribution in [3.8, 4) is 33.4 Å². The second-order valence-corrected chi connectivity index (χ2v) is 14.0. The Balaban J connectivity index is 1.20. The summed E-state index contributed by atoms with van der Waals surface area (Å²) in [4.78, 5) is 2.46. The van der Waals surface area contributed by atoms with Crippen LogP contribution in [0.4, 0.5) is 17.1 Å². The first-order valence-corrected chi connectivity index (χ1v) is 17.1. The van der Waals surface area contributed by atoms with Gasteiger partial charge in [-0.3, -0.25) is 0 Å². The molecular formula is C45H33NS. The van der Waals surface area contributed by atoms with E-state index in [1.54, 1.807) is 0 Å². The molecule has 1 aromatic heterocycles. The highest BCUT2D eigenvalue weighted by Crippen LogP contribution is 2.51. The van der Waals surface area contributed by atoms with Gasteiger partial charge in [0.1, 0.15) is 0 Å². The van der Waals surface area contributed by atoms with Crippen molar-refractivity contribution in [2.24, 2.45) is 0 Å². The third kappa shape index (κ3) is 4.52. The van der Waals surface area contributed by atoms with Gasteiger partial charge in [0.15, 0.2) is 0 Å². The Morgan fingerprint density at radius 2 is 1.06 bits per heavy atom. The van der Waals surface area contributed by atoms with E-state index in [0.29, 0.717) is 0 Å². The van der Waals surface area contributed by atoms with E-state index in [9.17, 15) is 0 Å². The molecule has 47 heavy (non-hydrogen) atoms. The number of hydrogen-bond donors (Lipinski definition) is 0. The van der Waals surface area contributed by atoms with Crippen LogP contribution in [0.2, 0.25) is 0 Å². The van der Waals surface area contributed by atoms with Gasteiger partial charge in [-0.25, -0.2) is 0 Å². The van der Waals surface area contributed by atoms with E-state index in [1.807, 2.05) is 11.3 Å². The van der Waals surface area contributed by atoms with E-state index >= 15 is 0 Å². The molecule has 0 amide bonds. The van der Waals surface area contributed by atoms with Crippen molar-refractivity contribution in [2.45, 2.75) is 19.3 Å². The quantitative estimate of drug-likeness (QED) is 0.185. The van der Waals surface area contributed by atoms with Crippen LogP contribution in [-0.2, 0) is 5.41 Å². The Labute approximate surface area is 280 Å². The number of thiophene rings is 1. The zero-order chi connectivity index (χ0) is 31.5. The number of rotatable bonds is 5. The molecule has 0 saturated heterocycles. The summed E-state index contributed by atoms with van der Waals surface area (Å²) in [7, 11) is 0. The summed E-state index contributed by atoms with van der Waals surface area (Å²) in [5.41, 5.74) is 13.8. The van der Waals surface area contributed by atoms with Gasteiger partial charge in [-0.15, -0.1) is 11.3 Å². The van der Waals surface area contributed by atoms with Crippen molar-refractivity contribution in [3.63, 3.8) is 0 Å². The topological polar surface area (TPSA) is 3.24 Å². The molecule has 224 valence electrons. The molecule has 0 spiro atoms. The van der Waals surface area contributed by atoms with Crippen LogP contribution in [0.3, 0.4) is 0 Å². The molecule has 8 aromatic rings. The molecule has 1 aliphatic rings. The maximum absolute atomic E-state index is 2.46. The lowest BCUT2D eigenvalue weighted by Gasteiger charge is -2.28. The monoisotopic (exact) mass is 619 g/mol. The molecule has 0 aliphatic heterocycles. The van der Waals surface area contributed by atoms with Gasteiger partial charge < -0.3 is 4.90 Å². The lowest BCUT2D eigenvalue weighted by Crippen LogP contribution is -2.16. The van der Waals surface area contributed by atoms with Gasteiger partial charge in [-0.2, -0.15) is 0 Å². The molecule has 7 aromatic carbocycles. The highest BCUT2D eigenvalue weighted by Gasteiger charge is 2.35. The van der Waals surface area contributed by atoms with Crippen LogP contribution in [0.25, 0.3) is 53.6 Å². The Kier molecular flexibility index (Phi) is 6.41. The van der Waals surface area contributed by atoms with Gasteiger partial charge >= 0.3 is 0 Å². The smallest absolute Gasteiger partial charge is 0.0640 e. The highest BCUT2D eigenvalue weighted by atomic mass is 32.1. The minimum atomic E-state index is -0.0785. The van der Waals surface area contributed by atoms with E-state index < -0.39 is 0 Å². The largest absolute Gasteiger partial charge is 0.309 e. The van der Waals surface area contributed by atoms with Crippen molar-refractivity contribution in [1.82, 2.24) is 0 Å². The summed E-state index contributed by atoms with van der Waals surface area (Å²) in [6, 6.07) is 60.0. The van der Waals surface area contributed by atoms with Crippen LogP contribution < -0.4 is 4.90 Å². The predicted molar refractivity (Wildman–Crippen MR) is 202 cm³/mol. The Morgan fingerprint density at radius 3 is 1.89 bits per heavy atom. The molecule has 2 heteroatoms. The second-order valence-electron chi connectivity index (χ2n) is 13.0. The fraction of sp³-hybridized carbons (Fsp3) is 0.0667. The Bertz CT molecular complexity index is 2430. The van der Waals surface area contributed by atoms with E-state index in [2.05, 4.69) is 183 Å². The van der Waals surface area contributed by atoms with Crippen LogP contribution in [0.5, 0.6) is 0 Å². The van der Waals surface area contributed by atoms with Crippen LogP contribution in [0, 0.1) is 0 Å². The summed E-state index contributed by atoms with van der Waals surface area (Å²) in [5.74, 6) is 0. The average Bonchev–Trinajstić information content (AvgIpc) is 3.62. The molecule has 1 aliphatic carbocycles. The first-order chi connectivity index (χ1) is 23.1. The summed E-state index contributed by atoms with van der Waals surface area (Å²) >= 11 is 1.88. The molecule has 1 nitrogen and oxygen atoms in total. The number of benzene rings is 7. The normalized spacial score (nSPS) is 13.1. The predicted octanol–water partition coefficient (Wildman–Crippen LogP) is 13.2. The summed E-state index contributed by atoms with van der Waals surface area (Å²) in [6.07, 6.45) is 0. The van der Waals surface area contributed by atoms with Crippen molar-refractivity contribution >= 4 is 48.6 Å². The molecular weight excluding hydrogens is 587 g/mol. The van der Waals surface area contributed by atoms with Crippen molar-refractivity contribution < 1.29 is 0 Å². The maximum Gasteiger partial charge on any atom is 0.0640 e. The van der Waals surface area contributed by atoms with Crippen molar-refractivity contribution in [2.75, 3.05) is 4.90 Å². The minimum absolute atomic E-state index is 0.0785. The molecule has 0 bridgehead atoms. The van der Waals surface area contributed by atoms with Crippen LogP contribution in [-0.4, -0.2) is 0 Å². The SMILES string of the molecule is CC1(C)c2ccccc2-c2ccc(N(c3ccc(-c4cccc(-c5ccccc5)c4)cc3)c3cccc4c3sc3ccccc34)cc21. The highest BCUT2D eigenvalue weighted by molar-refractivity contribution is 7.26. The Morgan fingerprint density at radius 1 is 0.447 bits per heavy atom. The third-order valence-electron chi connectivity index (χ3n) is 9.88. The average molecular weight is 620 g/mol. The second kappa shape index (κ2) is 10.8. The minimum Gasteiger partial charge on any atom is -0.309 e. The van der Waals surface area contributed by atoms with Gasteiger partial charge in [-0.05, 0) is 87.0 Å².